The van der Waals surface area contributed by atoms with Crippen LogP contribution in [-0.2, 0) is 11.3 Å². The number of methoxy groups -OCH3 is 1. The van der Waals surface area contributed by atoms with E-state index in [0.717, 1.165) is 13.0 Å². The van der Waals surface area contributed by atoms with E-state index in [9.17, 15) is 19.1 Å². The zero-order valence-electron chi connectivity index (χ0n) is 18.2. The summed E-state index contributed by atoms with van der Waals surface area (Å²) in [6, 6.07) is 6.94. The molecule has 2 N–H and O–H groups in total. The average Bonchev–Trinajstić information content (AvgIpc) is 3.59. The number of aliphatic hydroxyl groups is 1. The van der Waals surface area contributed by atoms with E-state index in [1.807, 2.05) is 0 Å². The summed E-state index contributed by atoms with van der Waals surface area (Å²) in [5.41, 5.74) is -0.649. The van der Waals surface area contributed by atoms with Gasteiger partial charge < -0.3 is 15.2 Å². The Labute approximate surface area is 188 Å². The third kappa shape index (κ3) is 3.82. The van der Waals surface area contributed by atoms with Gasteiger partial charge in [0.25, 0.3) is 0 Å². The zero-order chi connectivity index (χ0) is 24.0. The third-order valence-corrected chi connectivity index (χ3v) is 5.99. The Hall–Kier alpha value is -3.45. The van der Waals surface area contributed by atoms with E-state index in [-0.39, 0.29) is 5.56 Å². The number of nitrogens with zero attached hydrogens (tertiary/aromatic N) is 4. The Morgan fingerprint density at radius 1 is 1.27 bits per heavy atom. The second-order valence-electron chi connectivity index (χ2n) is 8.21. The molecule has 3 aromatic rings. The van der Waals surface area contributed by atoms with Gasteiger partial charge in [0.15, 0.2) is 5.65 Å². The number of aromatic nitrogens is 3. The van der Waals surface area contributed by atoms with Crippen molar-refractivity contribution in [2.24, 2.45) is 0 Å². The predicted octanol–water partition coefficient (Wildman–Crippen LogP) is 4.37. The number of pyridine rings is 1. The molecule has 1 aliphatic rings. The normalized spacial score (nSPS) is 16.7. The van der Waals surface area contributed by atoms with Crippen LogP contribution in [-0.4, -0.2) is 33.3 Å². The van der Waals surface area contributed by atoms with E-state index in [4.69, 9.17) is 4.74 Å². The molecular weight excluding hydrogens is 435 g/mol. The molecule has 0 amide bonds. The van der Waals surface area contributed by atoms with Crippen LogP contribution in [0.15, 0.2) is 30.6 Å². The van der Waals surface area contributed by atoms with Gasteiger partial charge in [-0.25, -0.2) is 14.4 Å². The van der Waals surface area contributed by atoms with Crippen molar-refractivity contribution in [1.29, 1.82) is 5.26 Å². The molecule has 1 fully saturated rings. The van der Waals surface area contributed by atoms with Gasteiger partial charge in [0, 0.05) is 11.1 Å². The number of fused-ring (bicyclic) bond motifs is 1. The van der Waals surface area contributed by atoms with Crippen molar-refractivity contribution in [3.8, 4) is 11.9 Å². The van der Waals surface area contributed by atoms with Crippen molar-refractivity contribution < 1.29 is 23.0 Å². The van der Waals surface area contributed by atoms with Crippen molar-refractivity contribution in [1.82, 2.24) is 15.0 Å². The highest BCUT2D eigenvalue weighted by atomic mass is 19.3. The molecule has 2 heterocycles. The first-order valence-corrected chi connectivity index (χ1v) is 10.4. The second-order valence-corrected chi connectivity index (χ2v) is 8.21. The third-order valence-electron chi connectivity index (χ3n) is 5.99. The zero-order valence-corrected chi connectivity index (χ0v) is 18.2. The predicted molar refractivity (Wildman–Crippen MR) is 114 cm³/mol. The largest absolute Gasteiger partial charge is 0.481 e. The van der Waals surface area contributed by atoms with Crippen LogP contribution in [0.1, 0.15) is 49.4 Å². The summed E-state index contributed by atoms with van der Waals surface area (Å²) in [4.78, 5) is 12.8. The molecular formula is C23H22F3N5O2. The van der Waals surface area contributed by atoms with Gasteiger partial charge in [-0.2, -0.15) is 19.0 Å². The molecule has 7 nitrogen and oxygen atoms in total. The summed E-state index contributed by atoms with van der Waals surface area (Å²) in [5.74, 6) is -4.24. The number of ether oxygens (including phenoxy) is 1. The van der Waals surface area contributed by atoms with Gasteiger partial charge in [-0.3, -0.25) is 0 Å². The monoisotopic (exact) mass is 457 g/mol. The summed E-state index contributed by atoms with van der Waals surface area (Å²) in [5, 5.41) is 22.6. The molecule has 172 valence electrons. The van der Waals surface area contributed by atoms with Crippen molar-refractivity contribution >= 4 is 16.9 Å². The van der Waals surface area contributed by atoms with Gasteiger partial charge >= 0.3 is 5.92 Å². The van der Waals surface area contributed by atoms with Crippen LogP contribution in [0.2, 0.25) is 0 Å². The number of aliphatic hydroxyl groups excluding tert-OH is 1. The van der Waals surface area contributed by atoms with Gasteiger partial charge in [0.2, 0.25) is 5.88 Å². The smallest absolute Gasteiger partial charge is 0.301 e. The van der Waals surface area contributed by atoms with E-state index in [1.54, 1.807) is 13.0 Å². The first-order chi connectivity index (χ1) is 15.6. The Bertz CT molecular complexity index is 1250. The minimum absolute atomic E-state index is 0.0167. The Morgan fingerprint density at radius 2 is 2.00 bits per heavy atom. The van der Waals surface area contributed by atoms with Crippen LogP contribution < -0.4 is 10.1 Å². The van der Waals surface area contributed by atoms with Crippen LogP contribution in [0.25, 0.3) is 11.0 Å². The second kappa shape index (κ2) is 8.15. The fraction of sp³-hybridized carbons (Fsp3) is 0.391. The fourth-order valence-corrected chi connectivity index (χ4v) is 3.80. The summed E-state index contributed by atoms with van der Waals surface area (Å²) < 4.78 is 49.0. The molecule has 1 aliphatic carbocycles. The topological polar surface area (TPSA) is 104 Å². The number of anilines is 1. The lowest BCUT2D eigenvalue weighted by molar-refractivity contribution is -0.108. The van der Waals surface area contributed by atoms with Gasteiger partial charge in [0.1, 0.15) is 24.1 Å². The Morgan fingerprint density at radius 3 is 2.61 bits per heavy atom. The van der Waals surface area contributed by atoms with Crippen molar-refractivity contribution in [2.75, 3.05) is 12.4 Å². The molecule has 0 saturated heterocycles. The summed E-state index contributed by atoms with van der Waals surface area (Å²) in [6.45, 7) is 2.51. The number of halogens is 3. The number of nitrogens with one attached hydrogen (secondary N) is 1. The molecule has 10 heteroatoms. The quantitative estimate of drug-likeness (QED) is 0.543. The highest BCUT2D eigenvalue weighted by molar-refractivity contribution is 5.88. The van der Waals surface area contributed by atoms with Gasteiger partial charge in [-0.15, -0.1) is 0 Å². The summed E-state index contributed by atoms with van der Waals surface area (Å²) in [7, 11) is 1.46. The van der Waals surface area contributed by atoms with E-state index in [1.165, 1.54) is 25.6 Å². The molecule has 33 heavy (non-hydrogen) atoms. The van der Waals surface area contributed by atoms with Crippen molar-refractivity contribution in [3.05, 3.63) is 53.1 Å². The summed E-state index contributed by atoms with van der Waals surface area (Å²) in [6.07, 6.45) is 0.575. The van der Waals surface area contributed by atoms with E-state index < -0.39 is 34.9 Å². The van der Waals surface area contributed by atoms with Crippen LogP contribution in [0.4, 0.5) is 19.0 Å². The molecule has 1 aromatic carbocycles. The molecule has 2 atom stereocenters. The number of rotatable bonds is 7. The molecule has 0 unspecified atom stereocenters. The molecule has 0 radical (unpaired) electrons. The molecule has 1 saturated carbocycles. The van der Waals surface area contributed by atoms with E-state index in [2.05, 4.69) is 26.3 Å². The van der Waals surface area contributed by atoms with Crippen LogP contribution in [0, 0.1) is 17.1 Å². The van der Waals surface area contributed by atoms with Crippen LogP contribution in [0.3, 0.4) is 0 Å². The lowest BCUT2D eigenvalue weighted by Gasteiger charge is -2.23. The highest BCUT2D eigenvalue weighted by Gasteiger charge is 2.48. The molecule has 0 bridgehead atoms. The molecule has 0 spiro atoms. The van der Waals surface area contributed by atoms with Gasteiger partial charge in [-0.1, -0.05) is 12.1 Å². The first kappa shape index (κ1) is 22.7. The number of hydrogen-bond donors (Lipinski definition) is 2. The molecule has 2 aromatic heterocycles. The van der Waals surface area contributed by atoms with Crippen LogP contribution in [0.5, 0.6) is 5.88 Å². The minimum atomic E-state index is -3.74. The number of hydrogen-bond acceptors (Lipinski definition) is 7. The maximum absolute atomic E-state index is 15.0. The van der Waals surface area contributed by atoms with Crippen molar-refractivity contribution in [2.45, 2.75) is 50.2 Å². The highest BCUT2D eigenvalue weighted by Crippen LogP contribution is 2.51. The van der Waals surface area contributed by atoms with Gasteiger partial charge in [-0.05, 0) is 38.8 Å². The number of benzene rings is 1. The summed E-state index contributed by atoms with van der Waals surface area (Å²) >= 11 is 0. The van der Waals surface area contributed by atoms with Crippen LogP contribution >= 0.6 is 0 Å². The minimum Gasteiger partial charge on any atom is -0.481 e. The lowest BCUT2D eigenvalue weighted by Crippen LogP contribution is -2.29. The van der Waals surface area contributed by atoms with Gasteiger partial charge in [0.05, 0.1) is 35.6 Å². The Balaban J connectivity index is 1.75. The SMILES string of the molecule is COc1nc2ncnc(N[C@H](C)c3cccc(C(F)(F)[C@H](C)O)c3F)c2cc1C1(C#N)CC1. The van der Waals surface area contributed by atoms with E-state index >= 15 is 4.39 Å². The average molecular weight is 457 g/mol. The lowest BCUT2D eigenvalue weighted by atomic mass is 9.97. The number of alkyl halides is 2. The molecule has 0 aliphatic heterocycles. The number of nitriles is 1. The maximum Gasteiger partial charge on any atom is 0.301 e. The van der Waals surface area contributed by atoms with E-state index in [0.29, 0.717) is 41.1 Å². The van der Waals surface area contributed by atoms with Crippen molar-refractivity contribution in [3.63, 3.8) is 0 Å². The fourth-order valence-electron chi connectivity index (χ4n) is 3.80. The Kier molecular flexibility index (Phi) is 5.62. The maximum atomic E-state index is 15.0. The first-order valence-electron chi connectivity index (χ1n) is 10.4. The standard InChI is InChI=1S/C23H22F3N5O2/c1-12(14-5-4-6-16(18(14)24)23(25,26)13(2)32)30-19-15-9-17(22(10-27)7-8-22)21(33-3)31-20(15)29-11-28-19/h4-6,9,11-13,32H,7-8H2,1-3H3,(H,28,29,30,31)/t12-,13+/m1/s1. The molecule has 4 rings (SSSR count).